The van der Waals surface area contributed by atoms with Gasteiger partial charge in [0.2, 0.25) is 0 Å². The van der Waals surface area contributed by atoms with E-state index in [9.17, 15) is 0 Å². The van der Waals surface area contributed by atoms with Gasteiger partial charge >= 0.3 is 21.1 Å². The molecule has 5 aromatic carbocycles. The Morgan fingerprint density at radius 1 is 0.731 bits per heavy atom. The Kier molecular flexibility index (Phi) is 8.19. The van der Waals surface area contributed by atoms with Gasteiger partial charge in [0.05, 0.1) is 5.69 Å². The van der Waals surface area contributed by atoms with Gasteiger partial charge in [-0.15, -0.1) is 35.7 Å². The van der Waals surface area contributed by atoms with Crippen molar-refractivity contribution in [3.8, 4) is 34.3 Å². The minimum Gasteiger partial charge on any atom is -0.509 e. The number of furan rings is 1. The number of pyridine rings is 1. The summed E-state index contributed by atoms with van der Waals surface area (Å²) in [7, 11) is 0. The Morgan fingerprint density at radius 3 is 2.33 bits per heavy atom. The summed E-state index contributed by atoms with van der Waals surface area (Å²) in [4.78, 5) is 4.89. The zero-order valence-corrected chi connectivity index (χ0v) is 32.1. The standard InChI is InChI=1S/C45H36N4O2.Pt/c1-27-22-28(2)42(29(3)23-27)36-19-21-48(47-36)31-10-9-11-32(25-31)50-33-14-15-34-38(26-33)49(41-24-30(18-20-46-41)45(4,5)6)37-16-17-40-44(43(34)37)35-12-7-8-13-39(35)51-40;/h7-24H,1-6H3;/q-2;+2. The molecule has 52 heavy (non-hydrogen) atoms. The van der Waals surface area contributed by atoms with Crippen LogP contribution in [-0.2, 0) is 26.5 Å². The van der Waals surface area contributed by atoms with Gasteiger partial charge in [-0.05, 0) is 90.3 Å². The molecule has 0 saturated heterocycles. The number of aryl methyl sites for hydroxylation is 3. The summed E-state index contributed by atoms with van der Waals surface area (Å²) in [6.07, 6.45) is 3.86. The molecule has 4 heterocycles. The second kappa shape index (κ2) is 12.6. The van der Waals surface area contributed by atoms with Crippen molar-refractivity contribution in [2.24, 2.45) is 0 Å². The molecule has 0 aliphatic carbocycles. The van der Waals surface area contributed by atoms with Crippen molar-refractivity contribution in [3.63, 3.8) is 0 Å². The van der Waals surface area contributed by atoms with Gasteiger partial charge in [0, 0.05) is 45.7 Å². The van der Waals surface area contributed by atoms with Gasteiger partial charge in [0.15, 0.2) is 0 Å². The molecular weight excluding hydrogens is 824 g/mol. The quantitative estimate of drug-likeness (QED) is 0.162. The number of hydrogen-bond donors (Lipinski definition) is 0. The van der Waals surface area contributed by atoms with Crippen LogP contribution in [0.4, 0.5) is 0 Å². The third kappa shape index (κ3) is 5.63. The summed E-state index contributed by atoms with van der Waals surface area (Å²) in [5.74, 6) is 1.97. The Bertz CT molecular complexity index is 2790. The van der Waals surface area contributed by atoms with Crippen molar-refractivity contribution in [1.82, 2.24) is 19.3 Å². The molecule has 0 aliphatic rings. The van der Waals surface area contributed by atoms with Crippen LogP contribution >= 0.6 is 0 Å². The van der Waals surface area contributed by atoms with E-state index in [2.05, 4.69) is 119 Å². The van der Waals surface area contributed by atoms with E-state index < -0.39 is 0 Å². The molecule has 4 aromatic heterocycles. The van der Waals surface area contributed by atoms with Gasteiger partial charge < -0.3 is 13.7 Å². The van der Waals surface area contributed by atoms with Crippen molar-refractivity contribution in [2.75, 3.05) is 0 Å². The smallest absolute Gasteiger partial charge is 0.509 e. The van der Waals surface area contributed by atoms with E-state index in [-0.39, 0.29) is 26.5 Å². The van der Waals surface area contributed by atoms with Gasteiger partial charge in [-0.2, -0.15) is 17.2 Å². The molecule has 9 aromatic rings. The first-order chi connectivity index (χ1) is 24.6. The average Bonchev–Trinajstić information content (AvgIpc) is 3.82. The molecule has 6 nitrogen and oxygen atoms in total. The number of rotatable bonds is 5. The predicted molar refractivity (Wildman–Crippen MR) is 206 cm³/mol. The van der Waals surface area contributed by atoms with Gasteiger partial charge in [0.25, 0.3) is 0 Å². The zero-order chi connectivity index (χ0) is 35.0. The molecule has 0 saturated carbocycles. The van der Waals surface area contributed by atoms with Crippen LogP contribution in [0.5, 0.6) is 11.5 Å². The van der Waals surface area contributed by atoms with Crippen LogP contribution in [0.1, 0.15) is 43.0 Å². The second-order valence-corrected chi connectivity index (χ2v) is 14.4. The maximum atomic E-state index is 6.49. The van der Waals surface area contributed by atoms with E-state index in [0.29, 0.717) is 11.5 Å². The van der Waals surface area contributed by atoms with Crippen LogP contribution in [-0.4, -0.2) is 19.3 Å². The van der Waals surface area contributed by atoms with Crippen molar-refractivity contribution in [3.05, 3.63) is 144 Å². The van der Waals surface area contributed by atoms with E-state index in [1.54, 1.807) is 0 Å². The van der Waals surface area contributed by atoms with Crippen molar-refractivity contribution >= 4 is 43.7 Å². The normalized spacial score (nSPS) is 11.9. The third-order valence-electron chi connectivity index (χ3n) is 9.74. The van der Waals surface area contributed by atoms with Crippen LogP contribution in [0.15, 0.2) is 114 Å². The Balaban J connectivity index is 0.00000387. The summed E-state index contributed by atoms with van der Waals surface area (Å²) in [6.45, 7) is 13.1. The maximum absolute atomic E-state index is 6.49. The van der Waals surface area contributed by atoms with Crippen LogP contribution in [0.3, 0.4) is 0 Å². The van der Waals surface area contributed by atoms with Crippen LogP contribution in [0.25, 0.3) is 66.5 Å². The molecule has 0 spiro atoms. The summed E-state index contributed by atoms with van der Waals surface area (Å²) in [6, 6.07) is 40.1. The molecule has 0 amide bonds. The minimum absolute atomic E-state index is 0. The second-order valence-electron chi connectivity index (χ2n) is 14.4. The van der Waals surface area contributed by atoms with E-state index in [0.717, 1.165) is 66.5 Å². The summed E-state index contributed by atoms with van der Waals surface area (Å²) in [5.41, 5.74) is 11.3. The number of fused-ring (bicyclic) bond motifs is 7. The Morgan fingerprint density at radius 2 is 1.52 bits per heavy atom. The molecule has 9 rings (SSSR count). The van der Waals surface area contributed by atoms with Crippen LogP contribution in [0.2, 0.25) is 0 Å². The van der Waals surface area contributed by atoms with Crippen LogP contribution in [0, 0.1) is 32.9 Å². The summed E-state index contributed by atoms with van der Waals surface area (Å²) >= 11 is 0. The van der Waals surface area contributed by atoms with E-state index in [1.807, 2.05) is 53.5 Å². The molecule has 0 aliphatic heterocycles. The molecule has 0 N–H and O–H groups in total. The minimum atomic E-state index is -0.0452. The van der Waals surface area contributed by atoms with E-state index in [4.69, 9.17) is 19.2 Å². The topological polar surface area (TPSA) is 58.0 Å². The number of nitrogens with zero attached hydrogens (tertiary/aromatic N) is 4. The average molecular weight is 860 g/mol. The molecule has 0 radical (unpaired) electrons. The van der Waals surface area contributed by atoms with E-state index >= 15 is 0 Å². The SMILES string of the molecule is Cc1cc(C)c(-c2ccn(-c3[c-]c(Oc4[c-]c5c(cc4)c4c6c(ccc4n5-c4cc(C(C)(C)C)ccn4)oc4ccccc46)ccc3)n2)c(C)c1.[Pt+2]. The first-order valence-corrected chi connectivity index (χ1v) is 17.2. The van der Waals surface area contributed by atoms with Crippen molar-refractivity contribution in [1.29, 1.82) is 0 Å². The molecule has 0 bridgehead atoms. The molecule has 0 fully saturated rings. The first kappa shape index (κ1) is 33.7. The molecular formula is C45H36N4O2Pt. The fraction of sp³-hybridized carbons (Fsp3) is 0.156. The molecule has 0 atom stereocenters. The molecule has 7 heteroatoms. The van der Waals surface area contributed by atoms with Gasteiger partial charge in [0.1, 0.15) is 17.0 Å². The Labute approximate surface area is 316 Å². The number of ether oxygens (including phenoxy) is 1. The fourth-order valence-corrected chi connectivity index (χ4v) is 7.45. The van der Waals surface area contributed by atoms with Crippen molar-refractivity contribution < 1.29 is 30.2 Å². The van der Waals surface area contributed by atoms with E-state index in [1.165, 1.54) is 22.3 Å². The Hall–Kier alpha value is -5.45. The summed E-state index contributed by atoms with van der Waals surface area (Å²) in [5, 5.41) is 9.23. The fourth-order valence-electron chi connectivity index (χ4n) is 7.45. The number of hydrogen-bond acceptors (Lipinski definition) is 4. The maximum Gasteiger partial charge on any atom is 2.00 e. The predicted octanol–water partition coefficient (Wildman–Crippen LogP) is 11.5. The third-order valence-corrected chi connectivity index (χ3v) is 9.74. The zero-order valence-electron chi connectivity index (χ0n) is 29.8. The molecule has 0 unspecified atom stereocenters. The van der Waals surface area contributed by atoms with Gasteiger partial charge in [-0.25, -0.2) is 4.98 Å². The molecule has 258 valence electrons. The first-order valence-electron chi connectivity index (χ1n) is 17.2. The van der Waals surface area contributed by atoms with Gasteiger partial charge in [-0.1, -0.05) is 62.2 Å². The monoisotopic (exact) mass is 859 g/mol. The van der Waals surface area contributed by atoms with Crippen molar-refractivity contribution in [2.45, 2.75) is 47.0 Å². The number of para-hydroxylation sites is 1. The van der Waals surface area contributed by atoms with Gasteiger partial charge in [-0.3, -0.25) is 4.68 Å². The largest absolute Gasteiger partial charge is 2.00 e. The number of aromatic nitrogens is 4. The van der Waals surface area contributed by atoms with Crippen LogP contribution < -0.4 is 4.74 Å². The number of benzene rings is 5. The summed E-state index contributed by atoms with van der Waals surface area (Å²) < 4.78 is 16.8.